The van der Waals surface area contributed by atoms with E-state index in [4.69, 9.17) is 0 Å². The third-order valence-corrected chi connectivity index (χ3v) is 18.4. The largest absolute Gasteiger partial charge is 0.481 e. The molecule has 0 radical (unpaired) electrons. The lowest BCUT2D eigenvalue weighted by atomic mass is 9.96. The first-order valence-corrected chi connectivity index (χ1v) is 35.4. The molecule has 562 valence electrons. The number of likely N-dealkylation sites (tertiary alicyclic amines) is 1. The topological polar surface area (TPSA) is 354 Å². The second-order valence-electron chi connectivity index (χ2n) is 28.3. The van der Waals surface area contributed by atoms with Crippen LogP contribution in [0.25, 0.3) is 0 Å². The summed E-state index contributed by atoms with van der Waals surface area (Å²) in [5.41, 5.74) is 1.80. The zero-order chi connectivity index (χ0) is 76.4. The molecule has 1 aliphatic heterocycles. The maximum Gasteiger partial charge on any atom is 0.305 e. The van der Waals surface area contributed by atoms with Gasteiger partial charge >= 0.3 is 5.97 Å². The first-order valence-electron chi connectivity index (χ1n) is 35.4. The molecule has 1 saturated heterocycles. The number of hydrogen-bond acceptors (Lipinski definition) is 14. The number of carboxylic acids is 1. The van der Waals surface area contributed by atoms with E-state index < -0.39 is 150 Å². The molecule has 0 saturated carbocycles. The highest BCUT2D eigenvalue weighted by Gasteiger charge is 2.43. The van der Waals surface area contributed by atoms with Crippen molar-refractivity contribution in [1.82, 2.24) is 61.3 Å². The van der Waals surface area contributed by atoms with E-state index in [1.165, 1.54) is 52.0 Å². The van der Waals surface area contributed by atoms with E-state index in [9.17, 15) is 67.7 Å². The van der Waals surface area contributed by atoms with Crippen LogP contribution in [-0.2, 0) is 81.6 Å². The molecule has 8 N–H and O–H groups in total. The van der Waals surface area contributed by atoms with Crippen molar-refractivity contribution in [2.75, 3.05) is 54.9 Å². The molecule has 1 heterocycles. The Morgan fingerprint density at radius 3 is 1.37 bits per heavy atom. The summed E-state index contributed by atoms with van der Waals surface area (Å²) in [6, 6.07) is 12.7. The van der Waals surface area contributed by atoms with Crippen molar-refractivity contribution in [2.24, 2.45) is 23.7 Å². The number of hydrogen-bond donors (Lipinski definition) is 8. The number of piperidine rings is 1. The molecular weight excluding hydrogens is 1310 g/mol. The second kappa shape index (κ2) is 41.0. The van der Waals surface area contributed by atoms with Gasteiger partial charge in [0.25, 0.3) is 0 Å². The lowest BCUT2D eigenvalue weighted by Gasteiger charge is -2.37. The zero-order valence-corrected chi connectivity index (χ0v) is 62.4. The second-order valence-corrected chi connectivity index (χ2v) is 28.3. The standard InChI is InChI=1S/C75H112N12O15/c1-17-60(89)80-63(47(6)7)74(101)84(14)56(38-45(2)3)69(96)81-64(50(11)88)75(102)85(15)57(41-52-32-24-19-25-33-52)67(94)76-44-61(90)82(12)59(39-46(4)5)73(100)86(16)65(48(8)9)70(97)78-54(40-51-30-22-18-23-31-51)66(93)79-55(43-62(91)92)72(99)83(13)58(42-53-34-26-20-27-35-53)68(95)77-49(10)71(98)87-36-28-21-29-37-87/h18-20,22-27,30-35,45-50,54-59,63-65,88H,17,21,28-29,36-44H2,1-16H3,(H,76,94)(H,77,95)(H,78,97)(H,79,93)(H,80,89)(H,81,96)(H,91,92)/t49-,50+,54-,55-,56-,57-,58?,59-,63-,64-,65-/m0/s1. The van der Waals surface area contributed by atoms with Gasteiger partial charge in [0.1, 0.15) is 60.4 Å². The van der Waals surface area contributed by atoms with Crippen LogP contribution in [0.3, 0.4) is 0 Å². The molecule has 0 aliphatic carbocycles. The fraction of sp³-hybridized carbons (Fsp3) is 0.587. The number of aliphatic carboxylic acids is 1. The van der Waals surface area contributed by atoms with E-state index >= 15 is 4.79 Å². The summed E-state index contributed by atoms with van der Waals surface area (Å²) in [7, 11) is 6.79. The molecule has 0 bridgehead atoms. The molecule has 102 heavy (non-hydrogen) atoms. The minimum absolute atomic E-state index is 0.0501. The number of rotatable bonds is 38. The van der Waals surface area contributed by atoms with Crippen LogP contribution < -0.4 is 31.9 Å². The molecule has 3 aromatic rings. The molecular formula is C75H112N12O15. The number of aliphatic hydroxyl groups is 1. The smallest absolute Gasteiger partial charge is 0.305 e. The van der Waals surface area contributed by atoms with Crippen LogP contribution in [0.4, 0.5) is 0 Å². The summed E-state index contributed by atoms with van der Waals surface area (Å²) in [5, 5.41) is 37.5. The number of nitrogens with zero attached hydrogens (tertiary/aromatic N) is 6. The van der Waals surface area contributed by atoms with Crippen molar-refractivity contribution in [3.63, 3.8) is 0 Å². The van der Waals surface area contributed by atoms with Crippen molar-refractivity contribution < 1.29 is 72.5 Å². The molecule has 27 heteroatoms. The highest BCUT2D eigenvalue weighted by molar-refractivity contribution is 6.00. The van der Waals surface area contributed by atoms with Gasteiger partial charge in [-0.3, -0.25) is 62.3 Å². The number of carboxylic acid groups (broad SMARTS) is 1. The average Bonchev–Trinajstić information content (AvgIpc) is 0.827. The van der Waals surface area contributed by atoms with E-state index in [0.717, 1.165) is 34.0 Å². The number of aliphatic hydroxyl groups excluding tert-OH is 1. The SMILES string of the molecule is CCC(=O)N[C@H](C(=O)N(C)[C@@H](CC(C)C)C(=O)N[C@H](C(=O)N(C)[C@@H](Cc1ccccc1)C(=O)NCC(=O)N(C)[C@@H](CC(C)C)C(=O)N(C)[C@H](C(=O)N[C@@H](Cc1ccccc1)C(=O)N[C@@H](CC(=O)O)C(=O)N(C)C(Cc1ccccc1)C(=O)N[C@@H](C)C(=O)N1CCCCC1)C(C)C)[C@@H](C)O)C(C)C. The van der Waals surface area contributed by atoms with Gasteiger partial charge in [-0.2, -0.15) is 0 Å². The number of carbonyl (C=O) groups excluding carboxylic acids is 12. The lowest BCUT2D eigenvalue weighted by molar-refractivity contribution is -0.150. The van der Waals surface area contributed by atoms with Crippen molar-refractivity contribution in [2.45, 2.75) is 207 Å². The Balaban J connectivity index is 1.61. The maximum absolute atomic E-state index is 15.0. The average molecular weight is 1420 g/mol. The molecule has 1 unspecified atom stereocenters. The summed E-state index contributed by atoms with van der Waals surface area (Å²) in [6.45, 7) is 19.0. The highest BCUT2D eigenvalue weighted by atomic mass is 16.4. The van der Waals surface area contributed by atoms with Gasteiger partial charge in [0.2, 0.25) is 70.9 Å². The summed E-state index contributed by atoms with van der Waals surface area (Å²) in [4.78, 5) is 192. The van der Waals surface area contributed by atoms with Gasteiger partial charge in [0, 0.05) is 74.0 Å². The number of likely N-dealkylation sites (N-methyl/N-ethyl adjacent to an activating group) is 5. The molecule has 3 aromatic carbocycles. The first-order chi connectivity index (χ1) is 48.0. The van der Waals surface area contributed by atoms with Crippen molar-refractivity contribution in [1.29, 1.82) is 0 Å². The molecule has 0 aromatic heterocycles. The number of amides is 12. The van der Waals surface area contributed by atoms with E-state index in [0.29, 0.717) is 29.8 Å². The molecule has 12 amide bonds. The van der Waals surface area contributed by atoms with Crippen LogP contribution in [0, 0.1) is 23.7 Å². The quantitative estimate of drug-likeness (QED) is 0.0409. The Kier molecular flexibility index (Phi) is 34.2. The van der Waals surface area contributed by atoms with Gasteiger partial charge in [-0.15, -0.1) is 0 Å². The number of benzene rings is 3. The van der Waals surface area contributed by atoms with Crippen molar-refractivity contribution >= 4 is 76.9 Å². The predicted octanol–water partition coefficient (Wildman–Crippen LogP) is 3.09. The molecule has 11 atom stereocenters. The Bertz CT molecular complexity index is 3310. The Labute approximate surface area is 601 Å². The maximum atomic E-state index is 15.0. The van der Waals surface area contributed by atoms with Gasteiger partial charge in [0.15, 0.2) is 0 Å². The third-order valence-electron chi connectivity index (χ3n) is 18.4. The first kappa shape index (κ1) is 85.1. The summed E-state index contributed by atoms with van der Waals surface area (Å²) in [6.07, 6.45) is 0.142. The van der Waals surface area contributed by atoms with Gasteiger partial charge in [0.05, 0.1) is 19.1 Å². The van der Waals surface area contributed by atoms with E-state index in [1.54, 1.807) is 137 Å². The fourth-order valence-corrected chi connectivity index (χ4v) is 12.4. The summed E-state index contributed by atoms with van der Waals surface area (Å²) >= 11 is 0. The predicted molar refractivity (Wildman–Crippen MR) is 385 cm³/mol. The van der Waals surface area contributed by atoms with Crippen molar-refractivity contribution in [3.8, 4) is 0 Å². The summed E-state index contributed by atoms with van der Waals surface area (Å²) < 4.78 is 0. The van der Waals surface area contributed by atoms with Crippen LogP contribution in [0.1, 0.15) is 138 Å². The summed E-state index contributed by atoms with van der Waals surface area (Å²) in [5.74, 6) is -11.4. The minimum Gasteiger partial charge on any atom is -0.481 e. The lowest BCUT2D eigenvalue weighted by Crippen LogP contribution is -2.62. The Hall–Kier alpha value is -9.27. The van der Waals surface area contributed by atoms with E-state index in [2.05, 4.69) is 31.9 Å². The minimum atomic E-state index is -1.79. The van der Waals surface area contributed by atoms with Crippen LogP contribution in [0.15, 0.2) is 91.0 Å². The van der Waals surface area contributed by atoms with Crippen LogP contribution in [0.2, 0.25) is 0 Å². The van der Waals surface area contributed by atoms with Crippen LogP contribution >= 0.6 is 0 Å². The van der Waals surface area contributed by atoms with Crippen LogP contribution in [0.5, 0.6) is 0 Å². The molecule has 4 rings (SSSR count). The number of carbonyl (C=O) groups is 13. The van der Waals surface area contributed by atoms with Gasteiger partial charge in [-0.05, 0) is 86.3 Å². The van der Waals surface area contributed by atoms with Crippen LogP contribution in [-0.4, -0.2) is 238 Å². The third kappa shape index (κ3) is 25.4. The normalized spacial score (nSPS) is 15.5. The van der Waals surface area contributed by atoms with Crippen molar-refractivity contribution in [3.05, 3.63) is 108 Å². The highest BCUT2D eigenvalue weighted by Crippen LogP contribution is 2.22. The monoisotopic (exact) mass is 1420 g/mol. The number of nitrogens with one attached hydrogen (secondary N) is 6. The van der Waals surface area contributed by atoms with Gasteiger partial charge < -0.3 is 71.5 Å². The van der Waals surface area contributed by atoms with Gasteiger partial charge in [-0.25, -0.2) is 0 Å². The van der Waals surface area contributed by atoms with E-state index in [-0.39, 0.29) is 68.1 Å². The molecule has 1 aliphatic rings. The molecule has 0 spiro atoms. The Morgan fingerprint density at radius 2 is 0.902 bits per heavy atom. The molecule has 27 nitrogen and oxygen atoms in total. The zero-order valence-electron chi connectivity index (χ0n) is 62.4. The van der Waals surface area contributed by atoms with E-state index in [1.807, 2.05) is 27.7 Å². The molecule has 1 fully saturated rings. The Morgan fingerprint density at radius 1 is 0.451 bits per heavy atom. The van der Waals surface area contributed by atoms with Gasteiger partial charge in [-0.1, -0.05) is 153 Å². The fourth-order valence-electron chi connectivity index (χ4n) is 12.4.